The van der Waals surface area contributed by atoms with Crippen LogP contribution in [0.3, 0.4) is 0 Å². The molecule has 31 heavy (non-hydrogen) atoms. The van der Waals surface area contributed by atoms with Crippen LogP contribution in [0.25, 0.3) is 0 Å². The predicted molar refractivity (Wildman–Crippen MR) is 138 cm³/mol. The Morgan fingerprint density at radius 1 is 1.23 bits per heavy atom. The third-order valence-electron chi connectivity index (χ3n) is 5.84. The highest BCUT2D eigenvalue weighted by molar-refractivity contribution is 14.0. The molecule has 180 valence electrons. The summed E-state index contributed by atoms with van der Waals surface area (Å²) >= 11 is 0. The fourth-order valence-electron chi connectivity index (χ4n) is 3.84. The number of guanidine groups is 1. The third-order valence-corrected chi connectivity index (χ3v) is 5.84. The van der Waals surface area contributed by atoms with Crippen molar-refractivity contribution in [1.82, 2.24) is 20.5 Å². The molecule has 7 nitrogen and oxygen atoms in total. The van der Waals surface area contributed by atoms with E-state index >= 15 is 0 Å². The molecule has 0 saturated carbocycles. The predicted octanol–water partition coefficient (Wildman–Crippen LogP) is 4.13. The number of halogens is 1. The minimum absolute atomic E-state index is 0. The second-order valence-corrected chi connectivity index (χ2v) is 8.64. The van der Waals surface area contributed by atoms with E-state index in [1.165, 1.54) is 12.8 Å². The maximum absolute atomic E-state index is 5.84. The van der Waals surface area contributed by atoms with Crippen molar-refractivity contribution in [3.63, 3.8) is 0 Å². The summed E-state index contributed by atoms with van der Waals surface area (Å²) < 4.78 is 11.6. The first-order valence-corrected chi connectivity index (χ1v) is 11.7. The second-order valence-electron chi connectivity index (χ2n) is 8.64. The van der Waals surface area contributed by atoms with Gasteiger partial charge in [-0.05, 0) is 71.9 Å². The number of oxazole rings is 1. The Kier molecular flexibility index (Phi) is 13.7. The van der Waals surface area contributed by atoms with Gasteiger partial charge in [-0.2, -0.15) is 0 Å². The van der Waals surface area contributed by atoms with Gasteiger partial charge >= 0.3 is 0 Å². The number of likely N-dealkylation sites (tertiary alicyclic amines) is 1. The van der Waals surface area contributed by atoms with Crippen molar-refractivity contribution in [2.45, 2.75) is 73.5 Å². The Morgan fingerprint density at radius 2 is 1.94 bits per heavy atom. The first kappa shape index (κ1) is 28.2. The molecule has 0 spiro atoms. The Labute approximate surface area is 206 Å². The average molecular weight is 550 g/mol. The molecule has 0 bridgehead atoms. The Balaban J connectivity index is 0.00000480. The van der Waals surface area contributed by atoms with Gasteiger partial charge in [0.2, 0.25) is 5.89 Å². The van der Waals surface area contributed by atoms with Crippen LogP contribution >= 0.6 is 24.0 Å². The third kappa shape index (κ3) is 10.1. The van der Waals surface area contributed by atoms with Gasteiger partial charge in [0.25, 0.3) is 0 Å². The molecule has 2 heterocycles. The molecule has 2 rings (SSSR count). The van der Waals surface area contributed by atoms with Crippen LogP contribution in [-0.2, 0) is 11.3 Å². The molecule has 1 aromatic rings. The maximum atomic E-state index is 5.84. The highest BCUT2D eigenvalue weighted by Gasteiger charge is 2.21. The van der Waals surface area contributed by atoms with Crippen LogP contribution < -0.4 is 10.6 Å². The lowest BCUT2D eigenvalue weighted by molar-refractivity contribution is 0.0258. The summed E-state index contributed by atoms with van der Waals surface area (Å²) in [7, 11) is 0. The number of aromatic nitrogens is 1. The number of rotatable bonds is 11. The quantitative estimate of drug-likeness (QED) is 0.246. The summed E-state index contributed by atoms with van der Waals surface area (Å²) in [4.78, 5) is 11.8. The van der Waals surface area contributed by atoms with Crippen molar-refractivity contribution in [2.24, 2.45) is 16.8 Å². The summed E-state index contributed by atoms with van der Waals surface area (Å²) in [5.74, 6) is 3.85. The molecule has 0 radical (unpaired) electrons. The van der Waals surface area contributed by atoms with Crippen LogP contribution in [0.1, 0.15) is 64.3 Å². The van der Waals surface area contributed by atoms with Crippen molar-refractivity contribution in [3.8, 4) is 0 Å². The molecule has 8 heteroatoms. The number of ether oxygens (including phenoxy) is 1. The highest BCUT2D eigenvalue weighted by atomic mass is 127. The number of aryl methyl sites for hydroxylation is 2. The molecule has 2 N–H and O–H groups in total. The molecule has 0 amide bonds. The van der Waals surface area contributed by atoms with Gasteiger partial charge < -0.3 is 19.8 Å². The number of piperidine rings is 1. The first-order chi connectivity index (χ1) is 14.4. The Bertz CT molecular complexity index is 622. The fourth-order valence-corrected chi connectivity index (χ4v) is 3.84. The molecule has 1 saturated heterocycles. The average Bonchev–Trinajstić information content (AvgIpc) is 3.03. The fraction of sp³-hybridized carbons (Fsp3) is 0.826. The van der Waals surface area contributed by atoms with Crippen molar-refractivity contribution in [3.05, 3.63) is 17.3 Å². The summed E-state index contributed by atoms with van der Waals surface area (Å²) in [5, 5.41) is 6.85. The summed E-state index contributed by atoms with van der Waals surface area (Å²) in [6, 6.07) is 0. The zero-order valence-corrected chi connectivity index (χ0v) is 22.7. The van der Waals surface area contributed by atoms with E-state index in [0.29, 0.717) is 17.9 Å². The zero-order valence-electron chi connectivity index (χ0n) is 20.4. The van der Waals surface area contributed by atoms with Crippen LogP contribution in [-0.4, -0.2) is 61.3 Å². The first-order valence-electron chi connectivity index (χ1n) is 11.7. The van der Waals surface area contributed by atoms with E-state index in [0.717, 1.165) is 75.6 Å². The van der Waals surface area contributed by atoms with Crippen LogP contribution in [0, 0.1) is 25.7 Å². The van der Waals surface area contributed by atoms with E-state index in [-0.39, 0.29) is 24.0 Å². The summed E-state index contributed by atoms with van der Waals surface area (Å²) in [6.45, 7) is 19.0. The molecule has 0 aromatic carbocycles. The second kappa shape index (κ2) is 15.1. The van der Waals surface area contributed by atoms with Crippen molar-refractivity contribution < 1.29 is 9.15 Å². The van der Waals surface area contributed by atoms with Crippen LogP contribution in [0.4, 0.5) is 0 Å². The van der Waals surface area contributed by atoms with Gasteiger partial charge in [-0.3, -0.25) is 9.89 Å². The van der Waals surface area contributed by atoms with E-state index in [4.69, 9.17) is 14.1 Å². The monoisotopic (exact) mass is 549 g/mol. The van der Waals surface area contributed by atoms with Gasteiger partial charge in [-0.15, -0.1) is 24.0 Å². The van der Waals surface area contributed by atoms with Gasteiger partial charge in [-0.25, -0.2) is 4.98 Å². The number of aliphatic imine (C=N–C) groups is 1. The molecule has 1 unspecified atom stereocenters. The van der Waals surface area contributed by atoms with E-state index in [1.807, 2.05) is 13.8 Å². The molecule has 1 aliphatic rings. The van der Waals surface area contributed by atoms with E-state index in [2.05, 4.69) is 48.2 Å². The minimum atomic E-state index is 0. The molecular weight excluding hydrogens is 505 g/mol. The van der Waals surface area contributed by atoms with Gasteiger partial charge in [0.1, 0.15) is 5.76 Å². The van der Waals surface area contributed by atoms with Gasteiger partial charge in [0.15, 0.2) is 5.96 Å². The molecule has 1 aromatic heterocycles. The normalized spacial score (nSPS) is 16.9. The molecule has 0 aliphatic carbocycles. The minimum Gasteiger partial charge on any atom is -0.444 e. The van der Waals surface area contributed by atoms with Gasteiger partial charge in [0, 0.05) is 26.2 Å². The number of hydrogen-bond donors (Lipinski definition) is 2. The van der Waals surface area contributed by atoms with Crippen molar-refractivity contribution >= 4 is 29.9 Å². The number of hydrogen-bond acceptors (Lipinski definition) is 5. The Morgan fingerprint density at radius 3 is 2.48 bits per heavy atom. The molecule has 1 fully saturated rings. The highest BCUT2D eigenvalue weighted by Crippen LogP contribution is 2.20. The largest absolute Gasteiger partial charge is 0.444 e. The van der Waals surface area contributed by atoms with E-state index in [1.54, 1.807) is 0 Å². The van der Waals surface area contributed by atoms with Crippen molar-refractivity contribution in [2.75, 3.05) is 39.3 Å². The lowest BCUT2D eigenvalue weighted by Gasteiger charge is -2.30. The summed E-state index contributed by atoms with van der Waals surface area (Å²) in [6.07, 6.45) is 3.63. The van der Waals surface area contributed by atoms with E-state index in [9.17, 15) is 0 Å². The SMILES string of the molecule is CCNC(=NCC1CCN(Cc2nc(C)c(C)o2)CC1)NCCC(OCC)C(C)C.I. The van der Waals surface area contributed by atoms with Crippen molar-refractivity contribution in [1.29, 1.82) is 0 Å². The maximum Gasteiger partial charge on any atom is 0.208 e. The molecular formula is C23H44IN5O2. The lowest BCUT2D eigenvalue weighted by atomic mass is 9.97. The van der Waals surface area contributed by atoms with Crippen LogP contribution in [0.5, 0.6) is 0 Å². The molecule has 1 aliphatic heterocycles. The number of nitrogens with one attached hydrogen (secondary N) is 2. The van der Waals surface area contributed by atoms with Gasteiger partial charge in [-0.1, -0.05) is 13.8 Å². The van der Waals surface area contributed by atoms with Crippen LogP contribution in [0.15, 0.2) is 9.41 Å². The smallest absolute Gasteiger partial charge is 0.208 e. The van der Waals surface area contributed by atoms with E-state index < -0.39 is 0 Å². The number of nitrogens with zero attached hydrogens (tertiary/aromatic N) is 3. The zero-order chi connectivity index (χ0) is 21.9. The summed E-state index contributed by atoms with van der Waals surface area (Å²) in [5.41, 5.74) is 0.999. The topological polar surface area (TPSA) is 74.9 Å². The Hall–Kier alpha value is -0.870. The molecule has 1 atom stereocenters. The lowest BCUT2D eigenvalue weighted by Crippen LogP contribution is -2.40. The van der Waals surface area contributed by atoms with Crippen LogP contribution in [0.2, 0.25) is 0 Å². The standard InChI is InChI=1S/C23H43N5O2.HI/c1-7-24-23(25-12-9-21(17(3)4)29-8-2)26-15-20-10-13-28(14-11-20)16-22-27-18(5)19(6)30-22;/h17,20-21H,7-16H2,1-6H3,(H2,24,25,26);1H. The van der Waals surface area contributed by atoms with Gasteiger partial charge in [0.05, 0.1) is 18.3 Å².